The zero-order valence-corrected chi connectivity index (χ0v) is 14.5. The number of carbonyl (C=O) groups excluding carboxylic acids is 2. The molecule has 0 fully saturated rings. The Morgan fingerprint density at radius 1 is 0.818 bits per heavy atom. The first kappa shape index (κ1) is 18.5. The van der Waals surface area contributed by atoms with Gasteiger partial charge >= 0.3 is 10.9 Å². The Morgan fingerprint density at radius 3 is 1.55 bits per heavy atom. The molecule has 0 heterocycles. The highest BCUT2D eigenvalue weighted by Gasteiger charge is 1.98. The van der Waals surface area contributed by atoms with Gasteiger partial charge in [-0.1, -0.05) is 33.6 Å². The van der Waals surface area contributed by atoms with Crippen molar-refractivity contribution in [3.8, 4) is 11.5 Å². The average Bonchev–Trinajstić information content (AvgIpc) is 2.44. The number of hydrogen-bond donors (Lipinski definition) is 0. The second kappa shape index (κ2) is 9.46. The molecule has 7 heteroatoms. The largest absolute Gasteiger partial charge is 0.415 e. The van der Waals surface area contributed by atoms with Crippen LogP contribution in [0.5, 0.6) is 11.5 Å². The van der Waals surface area contributed by atoms with Gasteiger partial charge in [0.1, 0.15) is 11.5 Å². The second-order valence-corrected chi connectivity index (χ2v) is 5.48. The highest BCUT2D eigenvalue weighted by Crippen LogP contribution is 2.16. The molecule has 2 rings (SSSR count). The van der Waals surface area contributed by atoms with Crippen LogP contribution in [0.1, 0.15) is 5.56 Å². The standard InChI is InChI=1S/C8H7ClO2.C7H4BrClO2/c1-6-2-4-7(5-3-6)11-8(9)10;8-5-1-3-6(4-2-5)11-7(9)10/h2-5H,1H3;1-4H. The van der Waals surface area contributed by atoms with E-state index in [9.17, 15) is 9.59 Å². The molecule has 0 N–H and O–H groups in total. The summed E-state index contributed by atoms with van der Waals surface area (Å²) in [5, 5.41) is 0. The molecule has 0 amide bonds. The van der Waals surface area contributed by atoms with Gasteiger partial charge in [-0.2, -0.15) is 0 Å². The van der Waals surface area contributed by atoms with E-state index in [-0.39, 0.29) is 0 Å². The average molecular weight is 406 g/mol. The zero-order chi connectivity index (χ0) is 16.5. The first-order valence-electron chi connectivity index (χ1n) is 5.93. The van der Waals surface area contributed by atoms with Gasteiger partial charge < -0.3 is 9.47 Å². The maximum Gasteiger partial charge on any atom is 0.409 e. The van der Waals surface area contributed by atoms with E-state index in [0.717, 1.165) is 10.0 Å². The summed E-state index contributed by atoms with van der Waals surface area (Å²) in [6.45, 7) is 1.95. The predicted molar refractivity (Wildman–Crippen MR) is 89.1 cm³/mol. The van der Waals surface area contributed by atoms with Crippen molar-refractivity contribution in [2.45, 2.75) is 6.92 Å². The lowest BCUT2D eigenvalue weighted by Crippen LogP contribution is -1.95. The van der Waals surface area contributed by atoms with E-state index >= 15 is 0 Å². The summed E-state index contributed by atoms with van der Waals surface area (Å²) in [6, 6.07) is 13.9. The van der Waals surface area contributed by atoms with E-state index in [0.29, 0.717) is 11.5 Å². The quantitative estimate of drug-likeness (QED) is 0.582. The van der Waals surface area contributed by atoms with Crippen LogP contribution in [0.3, 0.4) is 0 Å². The van der Waals surface area contributed by atoms with Gasteiger partial charge in [0.2, 0.25) is 0 Å². The molecule has 2 aromatic rings. The van der Waals surface area contributed by atoms with Crippen LogP contribution in [0.2, 0.25) is 0 Å². The van der Waals surface area contributed by atoms with Gasteiger partial charge in [0, 0.05) is 27.7 Å². The highest BCUT2D eigenvalue weighted by atomic mass is 79.9. The molecule has 0 aromatic heterocycles. The monoisotopic (exact) mass is 404 g/mol. The smallest absolute Gasteiger partial charge is 0.409 e. The van der Waals surface area contributed by atoms with Gasteiger partial charge in [0.05, 0.1) is 0 Å². The molecule has 0 aliphatic carbocycles. The molecule has 0 unspecified atom stereocenters. The number of rotatable bonds is 2. The van der Waals surface area contributed by atoms with Crippen LogP contribution in [0, 0.1) is 6.92 Å². The lowest BCUT2D eigenvalue weighted by molar-refractivity contribution is 0.224. The molecule has 0 radical (unpaired) electrons. The maximum absolute atomic E-state index is 10.2. The Balaban J connectivity index is 0.000000220. The van der Waals surface area contributed by atoms with Gasteiger partial charge in [-0.25, -0.2) is 9.59 Å². The van der Waals surface area contributed by atoms with Gasteiger partial charge in [-0.15, -0.1) is 0 Å². The first-order chi connectivity index (χ1) is 10.4. The minimum absolute atomic E-state index is 0.438. The van der Waals surface area contributed by atoms with Crippen molar-refractivity contribution in [1.82, 2.24) is 0 Å². The van der Waals surface area contributed by atoms with E-state index < -0.39 is 10.9 Å². The van der Waals surface area contributed by atoms with E-state index in [1.165, 1.54) is 0 Å². The summed E-state index contributed by atoms with van der Waals surface area (Å²) in [7, 11) is 0. The number of carbonyl (C=O) groups is 2. The third-order valence-electron chi connectivity index (χ3n) is 2.23. The Morgan fingerprint density at radius 2 is 1.18 bits per heavy atom. The van der Waals surface area contributed by atoms with Gasteiger partial charge in [-0.3, -0.25) is 0 Å². The van der Waals surface area contributed by atoms with Crippen LogP contribution in [-0.4, -0.2) is 10.9 Å². The molecule has 22 heavy (non-hydrogen) atoms. The number of hydrogen-bond acceptors (Lipinski definition) is 4. The molecule has 4 nitrogen and oxygen atoms in total. The van der Waals surface area contributed by atoms with Crippen molar-refractivity contribution in [2.24, 2.45) is 0 Å². The minimum Gasteiger partial charge on any atom is -0.415 e. The summed E-state index contributed by atoms with van der Waals surface area (Å²) in [5.74, 6) is 0.906. The third kappa shape index (κ3) is 8.02. The predicted octanol–water partition coefficient (Wildman–Crippen LogP) is 5.92. The van der Waals surface area contributed by atoms with Crippen LogP contribution in [0.4, 0.5) is 9.59 Å². The zero-order valence-electron chi connectivity index (χ0n) is 11.4. The van der Waals surface area contributed by atoms with Crippen LogP contribution >= 0.6 is 39.1 Å². The molecule has 0 bridgehead atoms. The Kier molecular flexibility index (Phi) is 7.95. The van der Waals surface area contributed by atoms with Crippen molar-refractivity contribution in [2.75, 3.05) is 0 Å². The van der Waals surface area contributed by atoms with Crippen LogP contribution in [-0.2, 0) is 0 Å². The normalized spacial score (nSPS) is 9.27. The summed E-state index contributed by atoms with van der Waals surface area (Å²) in [6.07, 6.45) is 0. The molecule has 0 saturated heterocycles. The summed E-state index contributed by atoms with van der Waals surface area (Å²) in [5.41, 5.74) is -0.527. The Labute approximate surface area is 146 Å². The van der Waals surface area contributed by atoms with E-state index in [1.807, 2.05) is 19.1 Å². The van der Waals surface area contributed by atoms with Gasteiger partial charge in [-0.05, 0) is 43.3 Å². The number of ether oxygens (including phenoxy) is 2. The summed E-state index contributed by atoms with van der Waals surface area (Å²) in [4.78, 5) is 20.5. The van der Waals surface area contributed by atoms with Crippen molar-refractivity contribution >= 4 is 50.0 Å². The van der Waals surface area contributed by atoms with Crippen LogP contribution in [0.25, 0.3) is 0 Å². The van der Waals surface area contributed by atoms with Gasteiger partial charge in [0.25, 0.3) is 0 Å². The Hall–Kier alpha value is -1.56. The van der Waals surface area contributed by atoms with Crippen LogP contribution in [0.15, 0.2) is 53.0 Å². The van der Waals surface area contributed by atoms with Crippen molar-refractivity contribution in [3.63, 3.8) is 0 Å². The molecule has 0 atom stereocenters. The fraction of sp³-hybridized carbons (Fsp3) is 0.0667. The minimum atomic E-state index is -0.827. The molecular weight excluding hydrogens is 395 g/mol. The number of benzene rings is 2. The second-order valence-electron chi connectivity index (χ2n) is 3.95. The Bertz CT molecular complexity index is 569. The van der Waals surface area contributed by atoms with E-state index in [1.54, 1.807) is 36.4 Å². The molecule has 0 aliphatic rings. The first-order valence-corrected chi connectivity index (χ1v) is 7.48. The molecule has 2 aromatic carbocycles. The van der Waals surface area contributed by atoms with Crippen LogP contribution < -0.4 is 9.47 Å². The van der Waals surface area contributed by atoms with Crippen molar-refractivity contribution < 1.29 is 19.1 Å². The lowest BCUT2D eigenvalue weighted by atomic mass is 10.2. The summed E-state index contributed by atoms with van der Waals surface area (Å²) >= 11 is 13.2. The SMILES string of the molecule is Cc1ccc(OC(=O)Cl)cc1.O=C(Cl)Oc1ccc(Br)cc1. The number of halogens is 3. The number of aryl methyl sites for hydroxylation is 1. The fourth-order valence-corrected chi connectivity index (χ4v) is 1.74. The molecular formula is C15H11BrCl2O4. The van der Waals surface area contributed by atoms with E-state index in [4.69, 9.17) is 23.2 Å². The molecule has 0 aliphatic heterocycles. The third-order valence-corrected chi connectivity index (χ3v) is 2.91. The summed E-state index contributed by atoms with van der Waals surface area (Å²) < 4.78 is 10.1. The van der Waals surface area contributed by atoms with Crippen molar-refractivity contribution in [1.29, 1.82) is 0 Å². The highest BCUT2D eigenvalue weighted by molar-refractivity contribution is 9.10. The molecule has 0 spiro atoms. The topological polar surface area (TPSA) is 52.6 Å². The fourth-order valence-electron chi connectivity index (χ4n) is 1.29. The van der Waals surface area contributed by atoms with Crippen molar-refractivity contribution in [3.05, 3.63) is 58.6 Å². The molecule has 116 valence electrons. The molecule has 0 saturated carbocycles. The maximum atomic E-state index is 10.2. The van der Waals surface area contributed by atoms with Gasteiger partial charge in [0.15, 0.2) is 0 Å². The lowest BCUT2D eigenvalue weighted by Gasteiger charge is -1.98. The van der Waals surface area contributed by atoms with E-state index in [2.05, 4.69) is 25.4 Å².